The molecule has 1 fully saturated rings. The molecule has 182 valence electrons. The van der Waals surface area contributed by atoms with Crippen molar-refractivity contribution in [3.05, 3.63) is 70.2 Å². The standard InChI is InChI=1S/C26H32ClN3O4/c1-16(2)21(29-22(31)17-6-5-7-18(14-17)24(33)34)23(32)30-13-12-26(28,25(3,4)15-30)19-8-10-20(27)11-9-19/h5-11,14,16,21H,12-13,15,28H2,1-4H3,(H,29,31)(H,33,34)/t21?,26-/m1/s1. The molecule has 1 saturated heterocycles. The van der Waals surface area contributed by atoms with Gasteiger partial charge in [-0.25, -0.2) is 4.79 Å². The molecule has 7 nitrogen and oxygen atoms in total. The first-order chi connectivity index (χ1) is 15.9. The van der Waals surface area contributed by atoms with Crippen LogP contribution in [0.25, 0.3) is 0 Å². The summed E-state index contributed by atoms with van der Waals surface area (Å²) in [5, 5.41) is 12.7. The third-order valence-corrected chi connectivity index (χ3v) is 7.08. The van der Waals surface area contributed by atoms with E-state index in [-0.39, 0.29) is 23.0 Å². The third-order valence-electron chi connectivity index (χ3n) is 6.83. The van der Waals surface area contributed by atoms with Crippen molar-refractivity contribution in [2.45, 2.75) is 45.7 Å². The molecule has 1 aliphatic rings. The summed E-state index contributed by atoms with van der Waals surface area (Å²) in [6.07, 6.45) is 0.562. The van der Waals surface area contributed by atoms with Crippen LogP contribution in [0.2, 0.25) is 5.02 Å². The minimum absolute atomic E-state index is 0.0133. The Kier molecular flexibility index (Phi) is 7.38. The number of halogens is 1. The van der Waals surface area contributed by atoms with Crippen molar-refractivity contribution >= 4 is 29.4 Å². The predicted octanol–water partition coefficient (Wildman–Crippen LogP) is 3.91. The fourth-order valence-electron chi connectivity index (χ4n) is 4.55. The lowest BCUT2D eigenvalue weighted by Crippen LogP contribution is -2.63. The zero-order chi connectivity index (χ0) is 25.3. The Hall–Kier alpha value is -2.90. The smallest absolute Gasteiger partial charge is 0.335 e. The van der Waals surface area contributed by atoms with E-state index in [0.29, 0.717) is 24.5 Å². The van der Waals surface area contributed by atoms with Gasteiger partial charge in [-0.2, -0.15) is 0 Å². The lowest BCUT2D eigenvalue weighted by molar-refractivity contribution is -0.139. The Balaban J connectivity index is 1.78. The Morgan fingerprint density at radius 1 is 1.09 bits per heavy atom. The number of carbonyl (C=O) groups excluding carboxylic acids is 2. The van der Waals surface area contributed by atoms with Crippen LogP contribution >= 0.6 is 11.6 Å². The number of rotatable bonds is 6. The van der Waals surface area contributed by atoms with Crippen molar-refractivity contribution in [3.8, 4) is 0 Å². The highest BCUT2D eigenvalue weighted by molar-refractivity contribution is 6.30. The Bertz CT molecular complexity index is 1080. The molecule has 0 aliphatic carbocycles. The molecular weight excluding hydrogens is 454 g/mol. The summed E-state index contributed by atoms with van der Waals surface area (Å²) in [7, 11) is 0. The van der Waals surface area contributed by atoms with Crippen molar-refractivity contribution in [2.75, 3.05) is 13.1 Å². The molecule has 8 heteroatoms. The molecule has 0 spiro atoms. The maximum Gasteiger partial charge on any atom is 0.335 e. The van der Waals surface area contributed by atoms with E-state index in [9.17, 15) is 19.5 Å². The van der Waals surface area contributed by atoms with E-state index in [1.807, 2.05) is 52.0 Å². The van der Waals surface area contributed by atoms with Crippen LogP contribution in [-0.4, -0.2) is 46.9 Å². The van der Waals surface area contributed by atoms with E-state index in [4.69, 9.17) is 17.3 Å². The number of carboxylic acids is 1. The molecule has 2 atom stereocenters. The number of likely N-dealkylation sites (tertiary alicyclic amines) is 1. The SMILES string of the molecule is CC(C)C(NC(=O)c1cccc(C(=O)O)c1)C(=O)N1CC[C@@](N)(c2ccc(Cl)cc2)C(C)(C)C1. The van der Waals surface area contributed by atoms with Gasteiger partial charge in [0.15, 0.2) is 0 Å². The molecule has 2 amide bonds. The molecule has 4 N–H and O–H groups in total. The van der Waals surface area contributed by atoms with Gasteiger partial charge in [-0.1, -0.05) is 57.5 Å². The lowest BCUT2D eigenvalue weighted by atomic mass is 9.64. The van der Waals surface area contributed by atoms with Crippen molar-refractivity contribution in [3.63, 3.8) is 0 Å². The van der Waals surface area contributed by atoms with Crippen molar-refractivity contribution < 1.29 is 19.5 Å². The van der Waals surface area contributed by atoms with Gasteiger partial charge in [0.2, 0.25) is 5.91 Å². The maximum absolute atomic E-state index is 13.5. The van der Waals surface area contributed by atoms with Gasteiger partial charge in [0.1, 0.15) is 6.04 Å². The van der Waals surface area contributed by atoms with E-state index in [1.54, 1.807) is 4.90 Å². The maximum atomic E-state index is 13.5. The average Bonchev–Trinajstić information content (AvgIpc) is 2.78. The molecule has 1 heterocycles. The molecule has 1 aliphatic heterocycles. The van der Waals surface area contributed by atoms with Gasteiger partial charge in [0.05, 0.1) is 5.56 Å². The summed E-state index contributed by atoms with van der Waals surface area (Å²) >= 11 is 6.05. The van der Waals surface area contributed by atoms with Gasteiger partial charge in [0, 0.05) is 34.6 Å². The van der Waals surface area contributed by atoms with Crippen LogP contribution in [0, 0.1) is 11.3 Å². The fourth-order valence-corrected chi connectivity index (χ4v) is 4.67. The van der Waals surface area contributed by atoms with Crippen LogP contribution in [0.3, 0.4) is 0 Å². The average molecular weight is 486 g/mol. The van der Waals surface area contributed by atoms with E-state index in [1.165, 1.54) is 24.3 Å². The molecule has 0 radical (unpaired) electrons. The summed E-state index contributed by atoms with van der Waals surface area (Å²) in [5.74, 6) is -1.94. The molecule has 2 aromatic carbocycles. The largest absolute Gasteiger partial charge is 0.478 e. The van der Waals surface area contributed by atoms with Gasteiger partial charge in [-0.05, 0) is 48.2 Å². The minimum atomic E-state index is -1.12. The molecule has 1 unspecified atom stereocenters. The highest BCUT2D eigenvalue weighted by Gasteiger charge is 2.49. The lowest BCUT2D eigenvalue weighted by Gasteiger charge is -2.52. The van der Waals surface area contributed by atoms with E-state index < -0.39 is 28.9 Å². The van der Waals surface area contributed by atoms with Crippen LogP contribution in [0.4, 0.5) is 0 Å². The zero-order valence-electron chi connectivity index (χ0n) is 20.0. The van der Waals surface area contributed by atoms with Gasteiger partial charge in [-0.15, -0.1) is 0 Å². The number of carboxylic acid groups (broad SMARTS) is 1. The number of nitrogens with two attached hydrogens (primary N) is 1. The summed E-state index contributed by atoms with van der Waals surface area (Å²) in [6, 6.07) is 12.5. The predicted molar refractivity (Wildman–Crippen MR) is 132 cm³/mol. The number of benzene rings is 2. The summed E-state index contributed by atoms with van der Waals surface area (Å²) in [4.78, 5) is 39.4. The molecule has 2 aromatic rings. The summed E-state index contributed by atoms with van der Waals surface area (Å²) < 4.78 is 0. The molecule has 0 bridgehead atoms. The second-order valence-corrected chi connectivity index (χ2v) is 10.4. The molecule has 0 saturated carbocycles. The normalized spacial score (nSPS) is 20.6. The summed E-state index contributed by atoms with van der Waals surface area (Å²) in [6.45, 7) is 8.70. The monoisotopic (exact) mass is 485 g/mol. The van der Waals surface area contributed by atoms with Crippen LogP contribution in [0.1, 0.15) is 60.4 Å². The Labute approximate surface area is 205 Å². The molecule has 3 rings (SSSR count). The topological polar surface area (TPSA) is 113 Å². The number of carbonyl (C=O) groups is 3. The first-order valence-electron chi connectivity index (χ1n) is 11.3. The van der Waals surface area contributed by atoms with Crippen LogP contribution in [0.15, 0.2) is 48.5 Å². The van der Waals surface area contributed by atoms with Crippen LogP contribution in [0.5, 0.6) is 0 Å². The Morgan fingerprint density at radius 2 is 1.71 bits per heavy atom. The number of nitrogens with one attached hydrogen (secondary N) is 1. The number of hydrogen-bond donors (Lipinski definition) is 3. The first-order valence-corrected chi connectivity index (χ1v) is 11.7. The summed E-state index contributed by atoms with van der Waals surface area (Å²) in [5.41, 5.74) is 7.01. The van der Waals surface area contributed by atoms with E-state index in [2.05, 4.69) is 5.32 Å². The highest BCUT2D eigenvalue weighted by atomic mass is 35.5. The second kappa shape index (κ2) is 9.76. The van der Waals surface area contributed by atoms with E-state index in [0.717, 1.165) is 5.56 Å². The highest BCUT2D eigenvalue weighted by Crippen LogP contribution is 2.44. The van der Waals surface area contributed by atoms with Gasteiger partial charge in [-0.3, -0.25) is 9.59 Å². The van der Waals surface area contributed by atoms with Crippen LogP contribution in [-0.2, 0) is 10.3 Å². The van der Waals surface area contributed by atoms with Gasteiger partial charge in [0.25, 0.3) is 5.91 Å². The minimum Gasteiger partial charge on any atom is -0.478 e. The van der Waals surface area contributed by atoms with Crippen molar-refractivity contribution in [1.29, 1.82) is 0 Å². The number of nitrogens with zero attached hydrogens (tertiary/aromatic N) is 1. The molecular formula is C26H32ClN3O4. The van der Waals surface area contributed by atoms with E-state index >= 15 is 0 Å². The fraction of sp³-hybridized carbons (Fsp3) is 0.423. The van der Waals surface area contributed by atoms with Crippen LogP contribution < -0.4 is 11.1 Å². The third kappa shape index (κ3) is 5.10. The second-order valence-electron chi connectivity index (χ2n) is 9.95. The Morgan fingerprint density at radius 3 is 2.26 bits per heavy atom. The first kappa shape index (κ1) is 25.7. The van der Waals surface area contributed by atoms with Gasteiger partial charge < -0.3 is 21.1 Å². The number of piperidine rings is 1. The number of amides is 2. The molecule has 0 aromatic heterocycles. The zero-order valence-corrected chi connectivity index (χ0v) is 20.7. The van der Waals surface area contributed by atoms with Gasteiger partial charge >= 0.3 is 5.97 Å². The molecule has 34 heavy (non-hydrogen) atoms. The van der Waals surface area contributed by atoms with Crippen molar-refractivity contribution in [2.24, 2.45) is 17.1 Å². The van der Waals surface area contributed by atoms with Crippen molar-refractivity contribution in [1.82, 2.24) is 10.2 Å². The number of hydrogen-bond acceptors (Lipinski definition) is 4. The number of aromatic carboxylic acids is 1. The quantitative estimate of drug-likeness (QED) is 0.574.